The summed E-state index contributed by atoms with van der Waals surface area (Å²) in [6.07, 6.45) is 13.5. The molecule has 0 radical (unpaired) electrons. The Morgan fingerprint density at radius 3 is 2.70 bits per heavy atom. The largest absolute Gasteiger partial charge is 1.00 e. The molecule has 4 aliphatic rings. The van der Waals surface area contributed by atoms with Crippen molar-refractivity contribution in [2.75, 3.05) is 6.61 Å². The second-order valence-electron chi connectivity index (χ2n) is 11.7. The van der Waals surface area contributed by atoms with Crippen LogP contribution in [0.15, 0.2) is 6.20 Å². The van der Waals surface area contributed by atoms with Crippen molar-refractivity contribution in [3.63, 3.8) is 0 Å². The standard InChI is InChI=1S/C27H41N3O2.BrH/c1-5-32-16-18-15-30(17(2)29-25(18)28)23-14-22-20-10-9-19-8-6-7-12-26(19,3)21(20)11-13-27(22,4)24(23)31;/h15,19-23,28H,5-14,16H2,1-4H3;1H/p-1/t19?,20?,21?,22?,23-,26-,27-;/m1./s1. The van der Waals surface area contributed by atoms with E-state index in [4.69, 9.17) is 10.1 Å². The van der Waals surface area contributed by atoms with Gasteiger partial charge in [-0.15, -0.1) is 0 Å². The number of hydrogen-bond acceptors (Lipinski definition) is 4. The highest BCUT2D eigenvalue weighted by atomic mass is 79.9. The molecule has 4 aliphatic carbocycles. The molecule has 4 saturated carbocycles. The number of aromatic nitrogens is 2. The van der Waals surface area contributed by atoms with Gasteiger partial charge in [0.25, 0.3) is 0 Å². The first-order chi connectivity index (χ1) is 15.3. The number of halogens is 1. The first-order valence-corrected chi connectivity index (χ1v) is 13.0. The molecule has 4 unspecified atom stereocenters. The van der Waals surface area contributed by atoms with Crippen molar-refractivity contribution in [3.8, 4) is 0 Å². The average molecular weight is 520 g/mol. The molecule has 0 bridgehead atoms. The summed E-state index contributed by atoms with van der Waals surface area (Å²) in [6, 6.07) is -0.144. The smallest absolute Gasteiger partial charge is 0.161 e. The van der Waals surface area contributed by atoms with E-state index in [0.717, 1.165) is 36.1 Å². The predicted molar refractivity (Wildman–Crippen MR) is 124 cm³/mol. The molecule has 5 nitrogen and oxygen atoms in total. The van der Waals surface area contributed by atoms with Crippen molar-refractivity contribution in [1.29, 1.82) is 5.41 Å². The summed E-state index contributed by atoms with van der Waals surface area (Å²) in [7, 11) is 0. The number of ketones is 1. The molecule has 1 aromatic rings. The highest BCUT2D eigenvalue weighted by Gasteiger charge is 2.62. The Hall–Kier alpha value is -1.01. The lowest BCUT2D eigenvalue weighted by Gasteiger charge is -2.59. The molecule has 0 saturated heterocycles. The molecule has 0 aromatic carbocycles. The number of ether oxygens (including phenoxy) is 1. The van der Waals surface area contributed by atoms with Crippen molar-refractivity contribution >= 4 is 5.78 Å². The molecule has 7 atom stereocenters. The maximum absolute atomic E-state index is 13.9. The second kappa shape index (κ2) is 9.22. The van der Waals surface area contributed by atoms with Crippen LogP contribution in [0.1, 0.15) is 96.0 Å². The van der Waals surface area contributed by atoms with Gasteiger partial charge in [0.05, 0.1) is 12.6 Å². The molecular formula is C27H41BrN3O2-. The zero-order valence-corrected chi connectivity index (χ0v) is 22.4. The SMILES string of the molecule is CCOCc1cn([C@@H]2CC3C4CCC5CCCC[C@@]5(C)C4CC[C@@]3(C)C2=O)c(C)nc1=N.[Br-]. The minimum absolute atomic E-state index is 0. The van der Waals surface area contributed by atoms with Crippen molar-refractivity contribution in [1.82, 2.24) is 9.55 Å². The van der Waals surface area contributed by atoms with Gasteiger partial charge < -0.3 is 26.3 Å². The zero-order chi connectivity index (χ0) is 22.7. The van der Waals surface area contributed by atoms with E-state index in [1.54, 1.807) is 0 Å². The molecule has 0 aliphatic heterocycles. The van der Waals surface area contributed by atoms with E-state index in [9.17, 15) is 4.79 Å². The molecule has 5 rings (SSSR count). The van der Waals surface area contributed by atoms with Crippen molar-refractivity contribution in [2.45, 2.75) is 98.1 Å². The Bertz CT molecular complexity index is 961. The van der Waals surface area contributed by atoms with Crippen LogP contribution in [-0.2, 0) is 16.1 Å². The fraction of sp³-hybridized carbons (Fsp3) is 0.815. The van der Waals surface area contributed by atoms with Gasteiger partial charge in [0.1, 0.15) is 5.82 Å². The fourth-order valence-corrected chi connectivity index (χ4v) is 8.57. The highest BCUT2D eigenvalue weighted by Crippen LogP contribution is 2.66. The summed E-state index contributed by atoms with van der Waals surface area (Å²) in [6.45, 7) is 9.77. The Morgan fingerprint density at radius 2 is 1.94 bits per heavy atom. The molecule has 6 heteroatoms. The minimum atomic E-state index is -0.206. The van der Waals surface area contributed by atoms with E-state index in [1.165, 1.54) is 44.9 Å². The Balaban J connectivity index is 0.00000259. The van der Waals surface area contributed by atoms with Crippen molar-refractivity contribution < 1.29 is 26.5 Å². The summed E-state index contributed by atoms with van der Waals surface area (Å²) in [5, 5.41) is 8.25. The van der Waals surface area contributed by atoms with Gasteiger partial charge in [-0.25, -0.2) is 4.98 Å². The van der Waals surface area contributed by atoms with Crippen LogP contribution in [0.5, 0.6) is 0 Å². The lowest BCUT2D eigenvalue weighted by atomic mass is 9.45. The lowest BCUT2D eigenvalue weighted by molar-refractivity contribution is -0.139. The van der Waals surface area contributed by atoms with E-state index in [2.05, 4.69) is 23.4 Å². The van der Waals surface area contributed by atoms with Gasteiger partial charge in [0.2, 0.25) is 0 Å². The third-order valence-electron chi connectivity index (χ3n) is 10.4. The van der Waals surface area contributed by atoms with Gasteiger partial charge in [-0.2, -0.15) is 0 Å². The molecule has 33 heavy (non-hydrogen) atoms. The topological polar surface area (TPSA) is 68.0 Å². The predicted octanol–water partition coefficient (Wildman–Crippen LogP) is 2.36. The molecule has 1 N–H and O–H groups in total. The van der Waals surface area contributed by atoms with Gasteiger partial charge in [-0.3, -0.25) is 10.2 Å². The van der Waals surface area contributed by atoms with Crippen LogP contribution in [0.25, 0.3) is 0 Å². The monoisotopic (exact) mass is 518 g/mol. The third-order valence-corrected chi connectivity index (χ3v) is 10.4. The summed E-state index contributed by atoms with van der Waals surface area (Å²) < 4.78 is 7.66. The highest BCUT2D eigenvalue weighted by molar-refractivity contribution is 5.91. The normalized spacial score (nSPS) is 39.9. The number of carbonyl (C=O) groups excluding carboxylic acids is 1. The van der Waals surface area contributed by atoms with Crippen LogP contribution in [-0.4, -0.2) is 21.9 Å². The number of Topliss-reactive ketones (excluding diaryl/α,β-unsaturated/α-hetero) is 1. The molecule has 1 aromatic heterocycles. The molecule has 1 heterocycles. The van der Waals surface area contributed by atoms with Gasteiger partial charge in [-0.1, -0.05) is 26.7 Å². The van der Waals surface area contributed by atoms with Crippen LogP contribution >= 0.6 is 0 Å². The summed E-state index contributed by atoms with van der Waals surface area (Å²) >= 11 is 0. The molecule has 4 fully saturated rings. The van der Waals surface area contributed by atoms with E-state index >= 15 is 0 Å². The number of nitrogens with one attached hydrogen (secondary N) is 1. The fourth-order valence-electron chi connectivity index (χ4n) is 8.57. The minimum Gasteiger partial charge on any atom is -1.00 e. The molecule has 184 valence electrons. The summed E-state index contributed by atoms with van der Waals surface area (Å²) in [5.74, 6) is 4.05. The molecule has 0 amide bonds. The first kappa shape index (κ1) is 25.1. The van der Waals surface area contributed by atoms with E-state index in [1.807, 2.05) is 20.0 Å². The number of rotatable bonds is 4. The van der Waals surface area contributed by atoms with Gasteiger partial charge in [-0.05, 0) is 87.9 Å². The van der Waals surface area contributed by atoms with Crippen molar-refractivity contribution in [3.05, 3.63) is 23.1 Å². The van der Waals surface area contributed by atoms with Gasteiger partial charge in [0, 0.05) is 23.8 Å². The number of aryl methyl sites for hydroxylation is 1. The van der Waals surface area contributed by atoms with Crippen LogP contribution in [0.2, 0.25) is 0 Å². The van der Waals surface area contributed by atoms with Crippen LogP contribution in [0.3, 0.4) is 0 Å². The lowest BCUT2D eigenvalue weighted by Crippen LogP contribution is -3.00. The maximum atomic E-state index is 13.9. The Labute approximate surface area is 209 Å². The van der Waals surface area contributed by atoms with Crippen molar-refractivity contribution in [2.24, 2.45) is 34.5 Å². The zero-order valence-electron chi connectivity index (χ0n) is 20.8. The maximum Gasteiger partial charge on any atom is 0.161 e. The van der Waals surface area contributed by atoms with Gasteiger partial charge in [0.15, 0.2) is 11.3 Å². The van der Waals surface area contributed by atoms with E-state index in [0.29, 0.717) is 36.2 Å². The molecular weight excluding hydrogens is 478 g/mol. The third kappa shape index (κ3) is 3.87. The number of carbonyl (C=O) groups is 1. The van der Waals surface area contributed by atoms with E-state index < -0.39 is 0 Å². The Morgan fingerprint density at radius 1 is 1.15 bits per heavy atom. The van der Waals surface area contributed by atoms with Gasteiger partial charge >= 0.3 is 0 Å². The number of fused-ring (bicyclic) bond motifs is 5. The molecule has 0 spiro atoms. The summed E-state index contributed by atoms with van der Waals surface area (Å²) in [5.41, 5.74) is 1.33. The van der Waals surface area contributed by atoms with Crippen LogP contribution in [0, 0.1) is 46.8 Å². The van der Waals surface area contributed by atoms with Crippen LogP contribution < -0.4 is 22.5 Å². The first-order valence-electron chi connectivity index (χ1n) is 13.0. The average Bonchev–Trinajstić information content (AvgIpc) is 3.04. The van der Waals surface area contributed by atoms with Crippen LogP contribution in [0.4, 0.5) is 0 Å². The number of hydrogen-bond donors (Lipinski definition) is 1. The Kier molecular flexibility index (Phi) is 7.01. The quantitative estimate of drug-likeness (QED) is 0.665. The summed E-state index contributed by atoms with van der Waals surface area (Å²) in [4.78, 5) is 18.4. The van der Waals surface area contributed by atoms with E-state index in [-0.39, 0.29) is 33.9 Å². The number of nitrogens with zero attached hydrogens (tertiary/aromatic N) is 2. The second-order valence-corrected chi connectivity index (χ2v) is 11.7.